The second-order valence-corrected chi connectivity index (χ2v) is 7.72. The van der Waals surface area contributed by atoms with Crippen LogP contribution >= 0.6 is 11.5 Å². The van der Waals surface area contributed by atoms with Gasteiger partial charge < -0.3 is 15.4 Å². The fraction of sp³-hybridized carbons (Fsp3) is 0.733. The van der Waals surface area contributed by atoms with Crippen LogP contribution in [-0.4, -0.2) is 39.3 Å². The number of nitrogens with zero attached hydrogens (tertiary/aromatic N) is 2. The van der Waals surface area contributed by atoms with Gasteiger partial charge in [0, 0.05) is 6.54 Å². The first-order valence-corrected chi connectivity index (χ1v) is 8.64. The van der Waals surface area contributed by atoms with Crippen molar-refractivity contribution in [3.63, 3.8) is 0 Å². The first kappa shape index (κ1) is 17.7. The summed E-state index contributed by atoms with van der Waals surface area (Å²) >= 11 is 1.05. The minimum absolute atomic E-state index is 0.212. The molecule has 128 valence electrons. The fourth-order valence-electron chi connectivity index (χ4n) is 2.70. The average Bonchev–Trinajstić information content (AvgIpc) is 2.98. The van der Waals surface area contributed by atoms with Crippen molar-refractivity contribution in [2.75, 3.05) is 6.54 Å². The largest absolute Gasteiger partial charge is 0.444 e. The van der Waals surface area contributed by atoms with E-state index in [1.165, 1.54) is 6.20 Å². The number of hydrogen-bond donors (Lipinski definition) is 2. The van der Waals surface area contributed by atoms with Crippen LogP contribution in [0.5, 0.6) is 0 Å². The fourth-order valence-corrected chi connectivity index (χ4v) is 3.13. The summed E-state index contributed by atoms with van der Waals surface area (Å²) < 4.78 is 9.05. The van der Waals surface area contributed by atoms with Gasteiger partial charge in [0.25, 0.3) is 5.91 Å². The van der Waals surface area contributed by atoms with Crippen molar-refractivity contribution < 1.29 is 14.3 Å². The lowest BCUT2D eigenvalue weighted by Gasteiger charge is -2.38. The molecule has 0 radical (unpaired) electrons. The quantitative estimate of drug-likeness (QED) is 0.878. The van der Waals surface area contributed by atoms with Gasteiger partial charge in [-0.3, -0.25) is 4.79 Å². The number of alkyl carbamates (subject to hydrolysis) is 1. The molecule has 1 aliphatic rings. The van der Waals surface area contributed by atoms with Crippen LogP contribution in [-0.2, 0) is 4.74 Å². The molecule has 1 heterocycles. The molecule has 7 nitrogen and oxygen atoms in total. The van der Waals surface area contributed by atoms with Crippen LogP contribution in [0.3, 0.4) is 0 Å². The Bertz CT molecular complexity index is 533. The number of amides is 2. The standard InChI is InChI=1S/C15H24N4O3S/c1-14(2,3)22-13(21)18-15(7-5-4-6-8-15)10-16-12(20)11-9-17-19-23-11/h9H,4-8,10H2,1-3H3,(H,16,20)(H,18,21). The number of carbonyl (C=O) groups excluding carboxylic acids is 2. The molecule has 1 aromatic rings. The Kier molecular flexibility index (Phi) is 5.56. The first-order chi connectivity index (χ1) is 10.8. The van der Waals surface area contributed by atoms with E-state index in [1.54, 1.807) is 0 Å². The predicted molar refractivity (Wildman–Crippen MR) is 87.4 cm³/mol. The molecule has 2 amide bonds. The summed E-state index contributed by atoms with van der Waals surface area (Å²) in [7, 11) is 0. The SMILES string of the molecule is CC(C)(C)OC(=O)NC1(CNC(=O)c2cnns2)CCCCC1. The smallest absolute Gasteiger partial charge is 0.408 e. The third-order valence-electron chi connectivity index (χ3n) is 3.75. The molecular weight excluding hydrogens is 316 g/mol. The maximum Gasteiger partial charge on any atom is 0.408 e. The Hall–Kier alpha value is -1.70. The van der Waals surface area contributed by atoms with Gasteiger partial charge in [-0.15, -0.1) is 5.10 Å². The molecule has 1 aromatic heterocycles. The number of aromatic nitrogens is 2. The molecule has 0 aromatic carbocycles. The zero-order valence-electron chi connectivity index (χ0n) is 13.8. The summed E-state index contributed by atoms with van der Waals surface area (Å²) in [6.07, 6.45) is 5.84. The molecule has 2 N–H and O–H groups in total. The molecule has 2 rings (SSSR count). The van der Waals surface area contributed by atoms with Gasteiger partial charge in [-0.05, 0) is 45.1 Å². The monoisotopic (exact) mass is 340 g/mol. The predicted octanol–water partition coefficient (Wildman–Crippen LogP) is 2.50. The van der Waals surface area contributed by atoms with Gasteiger partial charge in [-0.25, -0.2) is 4.79 Å². The van der Waals surface area contributed by atoms with Gasteiger partial charge in [0.2, 0.25) is 0 Å². The van der Waals surface area contributed by atoms with Crippen molar-refractivity contribution in [2.24, 2.45) is 0 Å². The van der Waals surface area contributed by atoms with Gasteiger partial charge in [0.05, 0.1) is 11.7 Å². The Labute approximate surface area is 140 Å². The van der Waals surface area contributed by atoms with E-state index in [0.29, 0.717) is 11.4 Å². The van der Waals surface area contributed by atoms with Crippen molar-refractivity contribution in [3.05, 3.63) is 11.1 Å². The molecule has 1 saturated carbocycles. The first-order valence-electron chi connectivity index (χ1n) is 7.86. The third-order valence-corrected chi connectivity index (χ3v) is 4.41. The zero-order chi connectivity index (χ0) is 16.9. The van der Waals surface area contributed by atoms with E-state index >= 15 is 0 Å². The van der Waals surface area contributed by atoms with E-state index in [0.717, 1.165) is 43.6 Å². The second kappa shape index (κ2) is 7.25. The minimum atomic E-state index is -0.544. The number of nitrogens with one attached hydrogen (secondary N) is 2. The van der Waals surface area contributed by atoms with Crippen LogP contribution in [0.1, 0.15) is 62.5 Å². The van der Waals surface area contributed by atoms with Gasteiger partial charge in [0.1, 0.15) is 10.5 Å². The molecule has 0 saturated heterocycles. The number of rotatable bonds is 4. The van der Waals surface area contributed by atoms with Crippen LogP contribution in [0.2, 0.25) is 0 Å². The normalized spacial score (nSPS) is 17.3. The molecule has 0 atom stereocenters. The highest BCUT2D eigenvalue weighted by atomic mass is 32.1. The number of hydrogen-bond acceptors (Lipinski definition) is 6. The van der Waals surface area contributed by atoms with Crippen molar-refractivity contribution >= 4 is 23.5 Å². The maximum atomic E-state index is 12.1. The molecule has 0 aliphatic heterocycles. The summed E-state index contributed by atoms with van der Waals surface area (Å²) in [5.41, 5.74) is -0.994. The van der Waals surface area contributed by atoms with Crippen LogP contribution < -0.4 is 10.6 Å². The molecule has 0 unspecified atom stereocenters. The maximum absolute atomic E-state index is 12.1. The van der Waals surface area contributed by atoms with Crippen LogP contribution in [0.15, 0.2) is 6.20 Å². The van der Waals surface area contributed by atoms with E-state index < -0.39 is 17.2 Å². The van der Waals surface area contributed by atoms with E-state index in [-0.39, 0.29) is 5.91 Å². The van der Waals surface area contributed by atoms with E-state index in [1.807, 2.05) is 20.8 Å². The van der Waals surface area contributed by atoms with Crippen LogP contribution in [0, 0.1) is 0 Å². The minimum Gasteiger partial charge on any atom is -0.444 e. The zero-order valence-corrected chi connectivity index (χ0v) is 14.7. The van der Waals surface area contributed by atoms with E-state index in [9.17, 15) is 9.59 Å². The molecule has 0 spiro atoms. The third kappa shape index (κ3) is 5.46. The van der Waals surface area contributed by atoms with Gasteiger partial charge in [-0.1, -0.05) is 23.8 Å². The topological polar surface area (TPSA) is 93.2 Å². The lowest BCUT2D eigenvalue weighted by Crippen LogP contribution is -2.57. The summed E-state index contributed by atoms with van der Waals surface area (Å²) in [6, 6.07) is 0. The van der Waals surface area contributed by atoms with Gasteiger partial charge in [0.15, 0.2) is 0 Å². The van der Waals surface area contributed by atoms with Crippen LogP contribution in [0.4, 0.5) is 4.79 Å². The van der Waals surface area contributed by atoms with Crippen molar-refractivity contribution in [1.82, 2.24) is 20.2 Å². The lowest BCUT2D eigenvalue weighted by atomic mass is 9.81. The molecule has 8 heteroatoms. The number of carbonyl (C=O) groups is 2. The number of ether oxygens (including phenoxy) is 1. The molecule has 1 aliphatic carbocycles. The molecule has 0 bridgehead atoms. The van der Waals surface area contributed by atoms with E-state index in [4.69, 9.17) is 4.74 Å². The Morgan fingerprint density at radius 1 is 1.30 bits per heavy atom. The van der Waals surface area contributed by atoms with Crippen molar-refractivity contribution in [3.8, 4) is 0 Å². The highest BCUT2D eigenvalue weighted by Crippen LogP contribution is 2.28. The molecule has 1 fully saturated rings. The van der Waals surface area contributed by atoms with Crippen molar-refractivity contribution in [1.29, 1.82) is 0 Å². The Morgan fingerprint density at radius 2 is 2.00 bits per heavy atom. The summed E-state index contributed by atoms with van der Waals surface area (Å²) in [4.78, 5) is 24.7. The second-order valence-electron chi connectivity index (χ2n) is 6.93. The Balaban J connectivity index is 1.98. The summed E-state index contributed by atoms with van der Waals surface area (Å²) in [6.45, 7) is 5.87. The average molecular weight is 340 g/mol. The summed E-state index contributed by atoms with van der Waals surface area (Å²) in [5, 5.41) is 9.53. The highest BCUT2D eigenvalue weighted by Gasteiger charge is 2.35. The lowest BCUT2D eigenvalue weighted by molar-refractivity contribution is 0.0419. The van der Waals surface area contributed by atoms with Crippen LogP contribution in [0.25, 0.3) is 0 Å². The van der Waals surface area contributed by atoms with Gasteiger partial charge in [-0.2, -0.15) is 0 Å². The van der Waals surface area contributed by atoms with Crippen molar-refractivity contribution in [2.45, 2.75) is 64.0 Å². The Morgan fingerprint density at radius 3 is 2.57 bits per heavy atom. The van der Waals surface area contributed by atoms with Gasteiger partial charge >= 0.3 is 6.09 Å². The molecular formula is C15H24N4O3S. The highest BCUT2D eigenvalue weighted by molar-refractivity contribution is 7.07. The summed E-state index contributed by atoms with van der Waals surface area (Å²) in [5.74, 6) is -0.212. The molecule has 23 heavy (non-hydrogen) atoms. The van der Waals surface area contributed by atoms with E-state index in [2.05, 4.69) is 20.2 Å².